The predicted octanol–water partition coefficient (Wildman–Crippen LogP) is 4.38. The standard InChI is InChI=1S/C17H13F3N2O/c1-2-10-6-7-13-11(8-10)12(9-21-13)16(23)14-4-3-5-15(22-14)17(18,19)20/h3-9,21H,2H2,1H3. The molecule has 1 aromatic carbocycles. The van der Waals surface area contributed by atoms with E-state index in [9.17, 15) is 18.0 Å². The number of nitrogens with one attached hydrogen (secondary N) is 1. The van der Waals surface area contributed by atoms with Gasteiger partial charge < -0.3 is 4.98 Å². The van der Waals surface area contributed by atoms with Gasteiger partial charge in [-0.05, 0) is 36.2 Å². The van der Waals surface area contributed by atoms with Crippen LogP contribution in [0.25, 0.3) is 10.9 Å². The lowest BCUT2D eigenvalue weighted by atomic mass is 10.0. The summed E-state index contributed by atoms with van der Waals surface area (Å²) in [6.45, 7) is 1.99. The molecular formula is C17H13F3N2O. The van der Waals surface area contributed by atoms with Crippen LogP contribution >= 0.6 is 0 Å². The molecule has 0 amide bonds. The topological polar surface area (TPSA) is 45.8 Å². The summed E-state index contributed by atoms with van der Waals surface area (Å²) in [5.41, 5.74) is 0.836. The Labute approximate surface area is 130 Å². The van der Waals surface area contributed by atoms with Gasteiger partial charge in [0.15, 0.2) is 0 Å². The van der Waals surface area contributed by atoms with Gasteiger partial charge in [0.2, 0.25) is 5.78 Å². The number of fused-ring (bicyclic) bond motifs is 1. The molecule has 0 saturated heterocycles. The molecule has 0 bridgehead atoms. The lowest BCUT2D eigenvalue weighted by Gasteiger charge is -2.07. The molecular weight excluding hydrogens is 305 g/mol. The van der Waals surface area contributed by atoms with Crippen molar-refractivity contribution in [2.45, 2.75) is 19.5 Å². The first-order valence-electron chi connectivity index (χ1n) is 7.09. The first-order valence-corrected chi connectivity index (χ1v) is 7.09. The van der Waals surface area contributed by atoms with Crippen molar-refractivity contribution in [2.24, 2.45) is 0 Å². The molecule has 3 rings (SSSR count). The summed E-state index contributed by atoms with van der Waals surface area (Å²) in [6, 6.07) is 8.99. The Morgan fingerprint density at radius 2 is 2.00 bits per heavy atom. The van der Waals surface area contributed by atoms with Crippen molar-refractivity contribution >= 4 is 16.7 Å². The van der Waals surface area contributed by atoms with E-state index in [4.69, 9.17) is 0 Å². The largest absolute Gasteiger partial charge is 0.433 e. The fourth-order valence-electron chi connectivity index (χ4n) is 2.43. The van der Waals surface area contributed by atoms with E-state index in [2.05, 4.69) is 9.97 Å². The third kappa shape index (κ3) is 2.84. The van der Waals surface area contributed by atoms with Crippen LogP contribution in [-0.4, -0.2) is 15.8 Å². The second-order valence-electron chi connectivity index (χ2n) is 5.17. The molecule has 6 heteroatoms. The molecule has 0 fully saturated rings. The molecule has 23 heavy (non-hydrogen) atoms. The SMILES string of the molecule is CCc1ccc2[nH]cc(C(=O)c3cccc(C(F)(F)F)n3)c2c1. The number of nitrogens with zero attached hydrogens (tertiary/aromatic N) is 1. The van der Waals surface area contributed by atoms with E-state index in [1.54, 1.807) is 0 Å². The first-order chi connectivity index (χ1) is 10.9. The Balaban J connectivity index is 2.07. The van der Waals surface area contributed by atoms with Crippen LogP contribution in [0.5, 0.6) is 0 Å². The summed E-state index contributed by atoms with van der Waals surface area (Å²) in [6.07, 6.45) is -2.27. The van der Waals surface area contributed by atoms with Gasteiger partial charge in [0.05, 0.1) is 0 Å². The molecule has 3 aromatic rings. The molecule has 0 unspecified atom stereocenters. The summed E-state index contributed by atoms with van der Waals surface area (Å²) in [4.78, 5) is 19.0. The number of hydrogen-bond donors (Lipinski definition) is 1. The zero-order valence-corrected chi connectivity index (χ0v) is 12.2. The molecule has 0 aliphatic heterocycles. The maximum Gasteiger partial charge on any atom is 0.433 e. The first kappa shape index (κ1) is 15.3. The number of rotatable bonds is 3. The molecule has 1 N–H and O–H groups in total. The number of aromatic nitrogens is 2. The van der Waals surface area contributed by atoms with E-state index in [-0.39, 0.29) is 5.69 Å². The van der Waals surface area contributed by atoms with Gasteiger partial charge in [0.25, 0.3) is 0 Å². The minimum absolute atomic E-state index is 0.220. The highest BCUT2D eigenvalue weighted by atomic mass is 19.4. The van der Waals surface area contributed by atoms with Crippen LogP contribution < -0.4 is 0 Å². The van der Waals surface area contributed by atoms with E-state index >= 15 is 0 Å². The van der Waals surface area contributed by atoms with Crippen molar-refractivity contribution in [3.63, 3.8) is 0 Å². The number of alkyl halides is 3. The number of halogens is 3. The number of benzene rings is 1. The second-order valence-corrected chi connectivity index (χ2v) is 5.17. The van der Waals surface area contributed by atoms with Gasteiger partial charge in [-0.25, -0.2) is 4.98 Å². The van der Waals surface area contributed by atoms with Crippen molar-refractivity contribution < 1.29 is 18.0 Å². The Kier molecular flexibility index (Phi) is 3.67. The lowest BCUT2D eigenvalue weighted by molar-refractivity contribution is -0.141. The fraction of sp³-hybridized carbons (Fsp3) is 0.176. The van der Waals surface area contributed by atoms with E-state index < -0.39 is 17.7 Å². The molecule has 0 atom stereocenters. The van der Waals surface area contributed by atoms with Crippen LogP contribution in [0.1, 0.15) is 34.2 Å². The van der Waals surface area contributed by atoms with Crippen LogP contribution in [0.4, 0.5) is 13.2 Å². The summed E-state index contributed by atoms with van der Waals surface area (Å²) in [7, 11) is 0. The Morgan fingerprint density at radius 1 is 1.22 bits per heavy atom. The van der Waals surface area contributed by atoms with Crippen LogP contribution in [0.15, 0.2) is 42.6 Å². The maximum absolute atomic E-state index is 12.7. The third-order valence-corrected chi connectivity index (χ3v) is 3.67. The second kappa shape index (κ2) is 5.53. The number of hydrogen-bond acceptors (Lipinski definition) is 2. The van der Waals surface area contributed by atoms with Gasteiger partial charge in [-0.2, -0.15) is 13.2 Å². The van der Waals surface area contributed by atoms with Gasteiger partial charge in [-0.15, -0.1) is 0 Å². The number of carbonyl (C=O) groups excluding carboxylic acids is 1. The number of aryl methyl sites for hydroxylation is 1. The minimum atomic E-state index is -4.58. The quantitative estimate of drug-likeness (QED) is 0.729. The van der Waals surface area contributed by atoms with Crippen molar-refractivity contribution in [1.82, 2.24) is 9.97 Å². The van der Waals surface area contributed by atoms with E-state index in [0.717, 1.165) is 23.6 Å². The number of H-pyrrole nitrogens is 1. The molecule has 0 radical (unpaired) electrons. The van der Waals surface area contributed by atoms with Crippen LogP contribution in [0.2, 0.25) is 0 Å². The van der Waals surface area contributed by atoms with Crippen molar-refractivity contribution in [3.8, 4) is 0 Å². The highest BCUT2D eigenvalue weighted by molar-refractivity contribution is 6.15. The summed E-state index contributed by atoms with van der Waals surface area (Å²) >= 11 is 0. The van der Waals surface area contributed by atoms with Gasteiger partial charge >= 0.3 is 6.18 Å². The lowest BCUT2D eigenvalue weighted by Crippen LogP contribution is -2.12. The normalized spacial score (nSPS) is 11.8. The van der Waals surface area contributed by atoms with Gasteiger partial charge in [0.1, 0.15) is 11.4 Å². The molecule has 0 spiro atoms. The fourth-order valence-corrected chi connectivity index (χ4v) is 2.43. The highest BCUT2D eigenvalue weighted by Crippen LogP contribution is 2.28. The van der Waals surface area contributed by atoms with Crippen molar-refractivity contribution in [2.75, 3.05) is 0 Å². The number of aromatic amines is 1. The minimum Gasteiger partial charge on any atom is -0.360 e. The van der Waals surface area contributed by atoms with E-state index in [1.165, 1.54) is 18.3 Å². The molecule has 2 aromatic heterocycles. The summed E-state index contributed by atoms with van der Waals surface area (Å²) < 4.78 is 38.2. The Morgan fingerprint density at radius 3 is 2.70 bits per heavy atom. The average Bonchev–Trinajstić information content (AvgIpc) is 2.96. The van der Waals surface area contributed by atoms with E-state index in [0.29, 0.717) is 10.9 Å². The summed E-state index contributed by atoms with van der Waals surface area (Å²) in [5, 5.41) is 0.688. The summed E-state index contributed by atoms with van der Waals surface area (Å²) in [5.74, 6) is -0.532. The van der Waals surface area contributed by atoms with Crippen LogP contribution in [0, 0.1) is 0 Å². The van der Waals surface area contributed by atoms with Gasteiger partial charge in [0, 0.05) is 22.7 Å². The van der Waals surface area contributed by atoms with Crippen molar-refractivity contribution in [3.05, 3.63) is 65.1 Å². The predicted molar refractivity (Wildman–Crippen MR) is 80.3 cm³/mol. The van der Waals surface area contributed by atoms with Crippen LogP contribution in [-0.2, 0) is 12.6 Å². The van der Waals surface area contributed by atoms with Gasteiger partial charge in [-0.1, -0.05) is 19.1 Å². The monoisotopic (exact) mass is 318 g/mol. The van der Waals surface area contributed by atoms with E-state index in [1.807, 2.05) is 25.1 Å². The Hall–Kier alpha value is -2.63. The third-order valence-electron chi connectivity index (χ3n) is 3.67. The number of pyridine rings is 1. The van der Waals surface area contributed by atoms with Crippen molar-refractivity contribution in [1.29, 1.82) is 0 Å². The Bertz CT molecular complexity index is 881. The molecule has 0 saturated carbocycles. The smallest absolute Gasteiger partial charge is 0.360 e. The highest BCUT2D eigenvalue weighted by Gasteiger charge is 2.33. The van der Waals surface area contributed by atoms with Crippen LogP contribution in [0.3, 0.4) is 0 Å². The molecule has 3 nitrogen and oxygen atoms in total. The molecule has 0 aliphatic carbocycles. The van der Waals surface area contributed by atoms with Gasteiger partial charge in [-0.3, -0.25) is 4.79 Å². The zero-order valence-electron chi connectivity index (χ0n) is 12.2. The molecule has 2 heterocycles. The average molecular weight is 318 g/mol. The maximum atomic E-state index is 12.7. The number of carbonyl (C=O) groups is 1. The molecule has 0 aliphatic rings. The zero-order chi connectivity index (χ0) is 16.6. The molecule has 118 valence electrons. The number of ketones is 1.